The van der Waals surface area contributed by atoms with Crippen LogP contribution in [-0.4, -0.2) is 44.4 Å². The summed E-state index contributed by atoms with van der Waals surface area (Å²) in [5.41, 5.74) is 1.40. The minimum atomic E-state index is 0.758. The van der Waals surface area contributed by atoms with Gasteiger partial charge in [-0.2, -0.15) is 0 Å². The van der Waals surface area contributed by atoms with Crippen molar-refractivity contribution in [1.29, 1.82) is 0 Å². The third-order valence-electron chi connectivity index (χ3n) is 3.52. The van der Waals surface area contributed by atoms with Crippen molar-refractivity contribution in [3.63, 3.8) is 0 Å². The summed E-state index contributed by atoms with van der Waals surface area (Å²) in [7, 11) is 0. The molecule has 0 aliphatic carbocycles. The zero-order valence-electron chi connectivity index (χ0n) is 11.9. The van der Waals surface area contributed by atoms with E-state index >= 15 is 0 Å². The first kappa shape index (κ1) is 14.4. The van der Waals surface area contributed by atoms with Crippen LogP contribution in [0.2, 0.25) is 0 Å². The van der Waals surface area contributed by atoms with Crippen molar-refractivity contribution in [2.45, 2.75) is 26.2 Å². The van der Waals surface area contributed by atoms with Crippen molar-refractivity contribution < 1.29 is 9.47 Å². The van der Waals surface area contributed by atoms with Gasteiger partial charge >= 0.3 is 0 Å². The van der Waals surface area contributed by atoms with Crippen LogP contribution < -0.4 is 4.74 Å². The summed E-state index contributed by atoms with van der Waals surface area (Å²) in [4.78, 5) is 2.39. The number of benzene rings is 1. The van der Waals surface area contributed by atoms with E-state index in [0.717, 1.165) is 45.2 Å². The molecule has 0 atom stereocenters. The van der Waals surface area contributed by atoms with E-state index in [2.05, 4.69) is 36.1 Å². The number of ether oxygens (including phenoxy) is 2. The van der Waals surface area contributed by atoms with Gasteiger partial charge in [0, 0.05) is 19.6 Å². The van der Waals surface area contributed by atoms with Gasteiger partial charge in [0.2, 0.25) is 0 Å². The molecule has 1 aromatic rings. The molecule has 2 rings (SSSR count). The molecule has 0 bridgehead atoms. The molecule has 0 radical (unpaired) electrons. The van der Waals surface area contributed by atoms with Gasteiger partial charge in [0.05, 0.1) is 13.2 Å². The maximum absolute atomic E-state index is 5.79. The summed E-state index contributed by atoms with van der Waals surface area (Å²) >= 11 is 0. The van der Waals surface area contributed by atoms with E-state index in [1.807, 2.05) is 0 Å². The molecule has 0 amide bonds. The largest absolute Gasteiger partial charge is 0.492 e. The molecule has 19 heavy (non-hydrogen) atoms. The van der Waals surface area contributed by atoms with Crippen LogP contribution in [0.3, 0.4) is 0 Å². The van der Waals surface area contributed by atoms with E-state index in [0.29, 0.717) is 0 Å². The van der Waals surface area contributed by atoms with Crippen LogP contribution in [0.25, 0.3) is 0 Å². The second-order valence-corrected chi connectivity index (χ2v) is 5.05. The van der Waals surface area contributed by atoms with Crippen molar-refractivity contribution in [2.75, 3.05) is 39.5 Å². The first-order valence-electron chi connectivity index (χ1n) is 7.40. The second kappa shape index (κ2) is 8.18. The van der Waals surface area contributed by atoms with Crippen LogP contribution in [0.4, 0.5) is 0 Å². The van der Waals surface area contributed by atoms with Gasteiger partial charge in [-0.25, -0.2) is 0 Å². The quantitative estimate of drug-likeness (QED) is 0.755. The first-order chi connectivity index (χ1) is 9.38. The molecule has 1 aliphatic heterocycles. The fourth-order valence-electron chi connectivity index (χ4n) is 2.25. The van der Waals surface area contributed by atoms with Crippen molar-refractivity contribution in [3.8, 4) is 5.75 Å². The van der Waals surface area contributed by atoms with Gasteiger partial charge in [-0.15, -0.1) is 0 Å². The van der Waals surface area contributed by atoms with Gasteiger partial charge in [-0.05, 0) is 30.5 Å². The SMILES string of the molecule is CCCCc1ccc(OCCN2CCOCC2)cc1. The molecule has 1 fully saturated rings. The zero-order valence-corrected chi connectivity index (χ0v) is 11.9. The lowest BCUT2D eigenvalue weighted by atomic mass is 10.1. The minimum absolute atomic E-state index is 0.758. The summed E-state index contributed by atoms with van der Waals surface area (Å²) in [5.74, 6) is 0.980. The Morgan fingerprint density at radius 3 is 2.58 bits per heavy atom. The van der Waals surface area contributed by atoms with E-state index in [9.17, 15) is 0 Å². The van der Waals surface area contributed by atoms with Gasteiger partial charge in [0.1, 0.15) is 12.4 Å². The molecular formula is C16H25NO2. The highest BCUT2D eigenvalue weighted by Crippen LogP contribution is 2.14. The Labute approximate surface area is 116 Å². The van der Waals surface area contributed by atoms with E-state index in [1.54, 1.807) is 0 Å². The standard InChI is InChI=1S/C16H25NO2/c1-2-3-4-15-5-7-16(8-6-15)19-14-11-17-9-12-18-13-10-17/h5-8H,2-4,9-14H2,1H3. The van der Waals surface area contributed by atoms with Crippen LogP contribution >= 0.6 is 0 Å². The van der Waals surface area contributed by atoms with Gasteiger partial charge in [0.15, 0.2) is 0 Å². The van der Waals surface area contributed by atoms with Gasteiger partial charge in [0.25, 0.3) is 0 Å². The van der Waals surface area contributed by atoms with Crippen LogP contribution in [-0.2, 0) is 11.2 Å². The Kier molecular flexibility index (Phi) is 6.18. The summed E-state index contributed by atoms with van der Waals surface area (Å²) < 4.78 is 11.1. The minimum Gasteiger partial charge on any atom is -0.492 e. The lowest BCUT2D eigenvalue weighted by Gasteiger charge is -2.26. The lowest BCUT2D eigenvalue weighted by molar-refractivity contribution is 0.0322. The van der Waals surface area contributed by atoms with Crippen LogP contribution in [0.5, 0.6) is 5.75 Å². The number of hydrogen-bond donors (Lipinski definition) is 0. The molecule has 0 aromatic heterocycles. The number of rotatable bonds is 7. The average molecular weight is 263 g/mol. The maximum Gasteiger partial charge on any atom is 0.119 e. The molecule has 1 aliphatic rings. The van der Waals surface area contributed by atoms with E-state index in [4.69, 9.17) is 9.47 Å². The number of morpholine rings is 1. The molecule has 0 spiro atoms. The predicted molar refractivity (Wildman–Crippen MR) is 77.8 cm³/mol. The van der Waals surface area contributed by atoms with Crippen molar-refractivity contribution in [1.82, 2.24) is 4.90 Å². The zero-order chi connectivity index (χ0) is 13.3. The molecule has 1 aromatic carbocycles. The number of unbranched alkanes of at least 4 members (excludes halogenated alkanes) is 1. The molecule has 106 valence electrons. The van der Waals surface area contributed by atoms with Crippen molar-refractivity contribution in [2.24, 2.45) is 0 Å². The molecule has 1 saturated heterocycles. The van der Waals surface area contributed by atoms with Crippen molar-refractivity contribution in [3.05, 3.63) is 29.8 Å². The highest BCUT2D eigenvalue weighted by molar-refractivity contribution is 5.27. The number of hydrogen-bond acceptors (Lipinski definition) is 3. The third-order valence-corrected chi connectivity index (χ3v) is 3.52. The highest BCUT2D eigenvalue weighted by Gasteiger charge is 2.09. The molecule has 3 heteroatoms. The van der Waals surface area contributed by atoms with Crippen LogP contribution in [0.1, 0.15) is 25.3 Å². The topological polar surface area (TPSA) is 21.7 Å². The molecular weight excluding hydrogens is 238 g/mol. The fourth-order valence-corrected chi connectivity index (χ4v) is 2.25. The molecule has 0 N–H and O–H groups in total. The first-order valence-corrected chi connectivity index (χ1v) is 7.40. The van der Waals surface area contributed by atoms with E-state index in [1.165, 1.54) is 24.8 Å². The summed E-state index contributed by atoms with van der Waals surface area (Å²) in [5, 5.41) is 0. The Morgan fingerprint density at radius 2 is 1.89 bits per heavy atom. The molecule has 0 saturated carbocycles. The van der Waals surface area contributed by atoms with Crippen LogP contribution in [0.15, 0.2) is 24.3 Å². The van der Waals surface area contributed by atoms with Gasteiger partial charge in [-0.1, -0.05) is 25.5 Å². The van der Waals surface area contributed by atoms with Gasteiger partial charge < -0.3 is 9.47 Å². The third kappa shape index (κ3) is 5.21. The van der Waals surface area contributed by atoms with Crippen LogP contribution in [0, 0.1) is 0 Å². The Balaban J connectivity index is 1.67. The Bertz CT molecular complexity index is 344. The average Bonchev–Trinajstić information content (AvgIpc) is 2.47. The second-order valence-electron chi connectivity index (χ2n) is 5.05. The van der Waals surface area contributed by atoms with Gasteiger partial charge in [-0.3, -0.25) is 4.90 Å². The highest BCUT2D eigenvalue weighted by atomic mass is 16.5. The maximum atomic E-state index is 5.79. The van der Waals surface area contributed by atoms with Crippen molar-refractivity contribution >= 4 is 0 Å². The van der Waals surface area contributed by atoms with E-state index < -0.39 is 0 Å². The summed E-state index contributed by atoms with van der Waals surface area (Å²) in [6.45, 7) is 7.73. The monoisotopic (exact) mass is 263 g/mol. The number of nitrogens with zero attached hydrogens (tertiary/aromatic N) is 1. The Hall–Kier alpha value is -1.06. The summed E-state index contributed by atoms with van der Waals surface area (Å²) in [6, 6.07) is 8.54. The number of aryl methyl sites for hydroxylation is 1. The molecule has 1 heterocycles. The molecule has 3 nitrogen and oxygen atoms in total. The Morgan fingerprint density at radius 1 is 1.16 bits per heavy atom. The smallest absolute Gasteiger partial charge is 0.119 e. The predicted octanol–water partition coefficient (Wildman–Crippen LogP) is 2.74. The fraction of sp³-hybridized carbons (Fsp3) is 0.625. The lowest BCUT2D eigenvalue weighted by Crippen LogP contribution is -2.38. The summed E-state index contributed by atoms with van der Waals surface area (Å²) in [6.07, 6.45) is 3.68. The normalized spacial score (nSPS) is 16.5. The van der Waals surface area contributed by atoms with E-state index in [-0.39, 0.29) is 0 Å². The molecule has 0 unspecified atom stereocenters.